The van der Waals surface area contributed by atoms with E-state index in [4.69, 9.17) is 9.47 Å². The van der Waals surface area contributed by atoms with Gasteiger partial charge in [-0.3, -0.25) is 0 Å². The molecule has 0 saturated carbocycles. The number of carboxylic acid groups (broad SMARTS) is 1. The third-order valence-electron chi connectivity index (χ3n) is 4.89. The number of amides is 1. The molecule has 3 rings (SSSR count). The number of rotatable bonds is 6. The minimum absolute atomic E-state index is 0.0836. The van der Waals surface area contributed by atoms with Gasteiger partial charge < -0.3 is 19.9 Å². The second-order valence-electron chi connectivity index (χ2n) is 8.22. The zero-order chi connectivity index (χ0) is 21.2. The van der Waals surface area contributed by atoms with Crippen LogP contribution in [0.4, 0.5) is 4.79 Å². The van der Waals surface area contributed by atoms with Crippen molar-refractivity contribution >= 4 is 12.1 Å². The molecule has 29 heavy (non-hydrogen) atoms. The molecule has 6 heteroatoms. The Bertz CT molecular complexity index is 857. The lowest BCUT2D eigenvalue weighted by Gasteiger charge is -2.29. The van der Waals surface area contributed by atoms with Crippen LogP contribution >= 0.6 is 0 Å². The number of carbonyl (C=O) groups excluding carboxylic acids is 1. The first-order valence-corrected chi connectivity index (χ1v) is 9.69. The van der Waals surface area contributed by atoms with Crippen LogP contribution in [-0.4, -0.2) is 41.5 Å². The third-order valence-corrected chi connectivity index (χ3v) is 4.89. The molecular formula is C23H27NO5. The van der Waals surface area contributed by atoms with Gasteiger partial charge in [0.05, 0.1) is 11.7 Å². The minimum Gasteiger partial charge on any atom is -0.480 e. The molecule has 154 valence electrons. The van der Waals surface area contributed by atoms with Crippen LogP contribution in [0.25, 0.3) is 11.1 Å². The molecule has 1 aliphatic carbocycles. The molecular weight excluding hydrogens is 370 g/mol. The van der Waals surface area contributed by atoms with E-state index in [2.05, 4.69) is 17.4 Å². The number of nitrogens with one attached hydrogen (secondary N) is 1. The molecule has 1 amide bonds. The maximum atomic E-state index is 12.4. The summed E-state index contributed by atoms with van der Waals surface area (Å²) in [7, 11) is 0. The standard InChI is InChI=1S/C23H27NO5/c1-14(29-23(2,3)4)20(21(25)26)24-22(27)28-13-19-17-11-7-5-9-15(17)16-10-6-8-12-18(16)19/h5-12,14,19-20H,13H2,1-4H3,(H,24,27)(H,25,26)/t14?,20-/m0/s1. The largest absolute Gasteiger partial charge is 0.480 e. The molecule has 0 aliphatic heterocycles. The van der Waals surface area contributed by atoms with Crippen molar-refractivity contribution in [2.24, 2.45) is 0 Å². The number of alkyl carbamates (subject to hydrolysis) is 1. The van der Waals surface area contributed by atoms with Gasteiger partial charge in [-0.2, -0.15) is 0 Å². The first-order valence-electron chi connectivity index (χ1n) is 9.69. The van der Waals surface area contributed by atoms with Gasteiger partial charge in [-0.05, 0) is 49.9 Å². The maximum absolute atomic E-state index is 12.4. The molecule has 2 atom stereocenters. The topological polar surface area (TPSA) is 84.9 Å². The van der Waals surface area contributed by atoms with Crippen LogP contribution in [0.2, 0.25) is 0 Å². The van der Waals surface area contributed by atoms with Crippen LogP contribution < -0.4 is 5.32 Å². The number of carboxylic acids is 1. The molecule has 1 unspecified atom stereocenters. The molecule has 2 N–H and O–H groups in total. The number of benzene rings is 2. The zero-order valence-electron chi connectivity index (χ0n) is 17.1. The Balaban J connectivity index is 1.68. The molecule has 0 fully saturated rings. The molecule has 2 aromatic rings. The van der Waals surface area contributed by atoms with E-state index in [1.165, 1.54) is 0 Å². The molecule has 0 radical (unpaired) electrons. The maximum Gasteiger partial charge on any atom is 0.407 e. The van der Waals surface area contributed by atoms with Crippen molar-refractivity contribution < 1.29 is 24.2 Å². The van der Waals surface area contributed by atoms with Gasteiger partial charge in [0, 0.05) is 5.92 Å². The number of carbonyl (C=O) groups is 2. The molecule has 0 heterocycles. The normalized spacial score (nSPS) is 15.2. The van der Waals surface area contributed by atoms with Crippen LogP contribution in [0.1, 0.15) is 44.7 Å². The Morgan fingerprint density at radius 1 is 1.03 bits per heavy atom. The average molecular weight is 397 g/mol. The first kappa shape index (κ1) is 20.9. The van der Waals surface area contributed by atoms with Crippen molar-refractivity contribution in [2.45, 2.75) is 51.4 Å². The summed E-state index contributed by atoms with van der Waals surface area (Å²) >= 11 is 0. The van der Waals surface area contributed by atoms with E-state index in [0.717, 1.165) is 22.3 Å². The summed E-state index contributed by atoms with van der Waals surface area (Å²) in [6.45, 7) is 7.23. The van der Waals surface area contributed by atoms with E-state index in [1.807, 2.05) is 57.2 Å². The van der Waals surface area contributed by atoms with E-state index in [0.29, 0.717) is 0 Å². The summed E-state index contributed by atoms with van der Waals surface area (Å²) in [6, 6.07) is 14.9. The molecule has 0 spiro atoms. The van der Waals surface area contributed by atoms with Crippen molar-refractivity contribution in [3.63, 3.8) is 0 Å². The molecule has 2 aromatic carbocycles. The molecule has 0 bridgehead atoms. The van der Waals surface area contributed by atoms with Crippen LogP contribution in [-0.2, 0) is 14.3 Å². The van der Waals surface area contributed by atoms with Crippen LogP contribution in [0.3, 0.4) is 0 Å². The molecule has 1 aliphatic rings. The SMILES string of the molecule is CC(OC(C)(C)C)[C@H](NC(=O)OCC1c2ccccc2-c2ccccc21)C(=O)O. The average Bonchev–Trinajstić information content (AvgIpc) is 2.96. The second kappa shape index (κ2) is 8.25. The fourth-order valence-electron chi connectivity index (χ4n) is 3.77. The Hall–Kier alpha value is -2.86. The highest BCUT2D eigenvalue weighted by molar-refractivity contribution is 5.81. The Morgan fingerprint density at radius 2 is 1.55 bits per heavy atom. The highest BCUT2D eigenvalue weighted by Gasteiger charge is 2.32. The van der Waals surface area contributed by atoms with Gasteiger partial charge in [-0.15, -0.1) is 0 Å². The number of fused-ring (bicyclic) bond motifs is 3. The van der Waals surface area contributed by atoms with Crippen LogP contribution in [0, 0.1) is 0 Å². The van der Waals surface area contributed by atoms with E-state index < -0.39 is 29.8 Å². The Labute approximate surface area is 170 Å². The Morgan fingerprint density at radius 3 is 2.03 bits per heavy atom. The third kappa shape index (κ3) is 4.77. The van der Waals surface area contributed by atoms with Gasteiger partial charge in [-0.1, -0.05) is 48.5 Å². The van der Waals surface area contributed by atoms with Gasteiger partial charge in [0.2, 0.25) is 0 Å². The van der Waals surface area contributed by atoms with Crippen LogP contribution in [0.15, 0.2) is 48.5 Å². The summed E-state index contributed by atoms with van der Waals surface area (Å²) < 4.78 is 11.1. The molecule has 6 nitrogen and oxygen atoms in total. The highest BCUT2D eigenvalue weighted by atomic mass is 16.6. The van der Waals surface area contributed by atoms with E-state index >= 15 is 0 Å². The fraction of sp³-hybridized carbons (Fsp3) is 0.391. The van der Waals surface area contributed by atoms with Crippen molar-refractivity contribution in [3.05, 3.63) is 59.7 Å². The van der Waals surface area contributed by atoms with Crippen molar-refractivity contribution in [1.82, 2.24) is 5.32 Å². The summed E-state index contributed by atoms with van der Waals surface area (Å²) in [5, 5.41) is 11.9. The van der Waals surface area contributed by atoms with Crippen LogP contribution in [0.5, 0.6) is 0 Å². The number of ether oxygens (including phenoxy) is 2. The lowest BCUT2D eigenvalue weighted by Crippen LogP contribution is -2.50. The second-order valence-corrected chi connectivity index (χ2v) is 8.22. The summed E-state index contributed by atoms with van der Waals surface area (Å²) in [6.07, 6.45) is -1.49. The first-order chi connectivity index (χ1) is 13.7. The smallest absolute Gasteiger partial charge is 0.407 e. The van der Waals surface area contributed by atoms with Gasteiger partial charge in [0.1, 0.15) is 6.61 Å². The lowest BCUT2D eigenvalue weighted by molar-refractivity contribution is -0.147. The minimum atomic E-state index is -1.20. The van der Waals surface area contributed by atoms with Crippen molar-refractivity contribution in [3.8, 4) is 11.1 Å². The lowest BCUT2D eigenvalue weighted by atomic mass is 9.98. The quantitative estimate of drug-likeness (QED) is 0.764. The van der Waals surface area contributed by atoms with E-state index in [-0.39, 0.29) is 12.5 Å². The van der Waals surface area contributed by atoms with Gasteiger partial charge in [-0.25, -0.2) is 9.59 Å². The van der Waals surface area contributed by atoms with Gasteiger partial charge >= 0.3 is 12.1 Å². The number of aliphatic carboxylic acids is 1. The van der Waals surface area contributed by atoms with Crippen molar-refractivity contribution in [1.29, 1.82) is 0 Å². The molecule has 0 aromatic heterocycles. The fourth-order valence-corrected chi connectivity index (χ4v) is 3.77. The summed E-state index contributed by atoms with van der Waals surface area (Å²) in [4.78, 5) is 24.0. The number of hydrogen-bond acceptors (Lipinski definition) is 4. The number of hydrogen-bond donors (Lipinski definition) is 2. The predicted molar refractivity (Wildman–Crippen MR) is 110 cm³/mol. The highest BCUT2D eigenvalue weighted by Crippen LogP contribution is 2.44. The summed E-state index contributed by atoms with van der Waals surface area (Å²) in [5.41, 5.74) is 3.93. The zero-order valence-corrected chi connectivity index (χ0v) is 17.1. The van der Waals surface area contributed by atoms with E-state index in [9.17, 15) is 14.7 Å². The van der Waals surface area contributed by atoms with Gasteiger partial charge in [0.25, 0.3) is 0 Å². The summed E-state index contributed by atoms with van der Waals surface area (Å²) in [5.74, 6) is -1.25. The van der Waals surface area contributed by atoms with Gasteiger partial charge in [0.15, 0.2) is 6.04 Å². The predicted octanol–water partition coefficient (Wildman–Crippen LogP) is 4.18. The molecule has 0 saturated heterocycles. The monoisotopic (exact) mass is 397 g/mol. The Kier molecular flexibility index (Phi) is 5.94. The van der Waals surface area contributed by atoms with E-state index in [1.54, 1.807) is 6.92 Å². The van der Waals surface area contributed by atoms with Crippen molar-refractivity contribution in [2.75, 3.05) is 6.61 Å².